The highest BCUT2D eigenvalue weighted by Crippen LogP contribution is 2.34. The monoisotopic (exact) mass is 350 g/mol. The summed E-state index contributed by atoms with van der Waals surface area (Å²) in [6, 6.07) is 6.31. The van der Waals surface area contributed by atoms with Crippen LogP contribution in [0.1, 0.15) is 24.8 Å². The maximum absolute atomic E-state index is 6.15. The van der Waals surface area contributed by atoms with E-state index in [0.29, 0.717) is 11.9 Å². The van der Waals surface area contributed by atoms with Crippen LogP contribution in [0.4, 0.5) is 5.95 Å². The second-order valence-electron chi connectivity index (χ2n) is 5.04. The Labute approximate surface area is 129 Å². The molecule has 20 heavy (non-hydrogen) atoms. The maximum Gasteiger partial charge on any atom is 0.203 e. The lowest BCUT2D eigenvalue weighted by molar-refractivity contribution is 0.455. The van der Waals surface area contributed by atoms with Gasteiger partial charge in [0.15, 0.2) is 5.65 Å². The van der Waals surface area contributed by atoms with Gasteiger partial charge in [0, 0.05) is 15.5 Å². The molecule has 0 spiro atoms. The van der Waals surface area contributed by atoms with E-state index in [9.17, 15) is 0 Å². The second-order valence-corrected chi connectivity index (χ2v) is 6.94. The van der Waals surface area contributed by atoms with Crippen LogP contribution >= 0.6 is 27.3 Å². The molecule has 3 rings (SSSR count). The van der Waals surface area contributed by atoms with Crippen molar-refractivity contribution in [3.8, 4) is 0 Å². The van der Waals surface area contributed by atoms with Gasteiger partial charge in [-0.25, -0.2) is 9.97 Å². The molecule has 0 aliphatic heterocycles. The Morgan fingerprint density at radius 1 is 1.40 bits per heavy atom. The van der Waals surface area contributed by atoms with Gasteiger partial charge in [-0.1, -0.05) is 19.9 Å². The summed E-state index contributed by atoms with van der Waals surface area (Å²) in [7, 11) is 0. The minimum Gasteiger partial charge on any atom is -0.369 e. The minimum atomic E-state index is 0.161. The lowest BCUT2D eigenvalue weighted by atomic mass is 10.0. The molecule has 2 N–H and O–H groups in total. The number of hydrogen-bond acceptors (Lipinski definition) is 4. The van der Waals surface area contributed by atoms with E-state index in [0.717, 1.165) is 15.6 Å². The van der Waals surface area contributed by atoms with E-state index >= 15 is 0 Å². The zero-order chi connectivity index (χ0) is 14.3. The van der Waals surface area contributed by atoms with Crippen LogP contribution in [-0.4, -0.2) is 14.5 Å². The fraction of sp³-hybridized carbons (Fsp3) is 0.286. The van der Waals surface area contributed by atoms with Crippen LogP contribution in [0.2, 0.25) is 0 Å². The molecular weight excluding hydrogens is 336 g/mol. The molecule has 1 atom stereocenters. The Balaban J connectivity index is 2.23. The molecule has 0 aliphatic carbocycles. The molecule has 4 nitrogen and oxygen atoms in total. The van der Waals surface area contributed by atoms with Crippen molar-refractivity contribution in [2.45, 2.75) is 19.9 Å². The topological polar surface area (TPSA) is 56.7 Å². The van der Waals surface area contributed by atoms with E-state index in [1.807, 2.05) is 10.6 Å². The van der Waals surface area contributed by atoms with Crippen LogP contribution in [-0.2, 0) is 0 Å². The van der Waals surface area contributed by atoms with Gasteiger partial charge in [-0.15, -0.1) is 11.3 Å². The first-order chi connectivity index (χ1) is 9.58. The third kappa shape index (κ3) is 2.23. The van der Waals surface area contributed by atoms with E-state index < -0.39 is 0 Å². The predicted octanol–water partition coefficient (Wildman–Crippen LogP) is 4.08. The molecule has 1 unspecified atom stereocenters. The number of hydrogen-bond donors (Lipinski definition) is 1. The van der Waals surface area contributed by atoms with Crippen LogP contribution in [0, 0.1) is 5.92 Å². The van der Waals surface area contributed by atoms with Crippen LogP contribution in [0.25, 0.3) is 11.2 Å². The molecule has 3 aromatic heterocycles. The molecule has 0 aromatic carbocycles. The second kappa shape index (κ2) is 5.18. The summed E-state index contributed by atoms with van der Waals surface area (Å²) >= 11 is 5.16. The molecule has 104 valence electrons. The fourth-order valence-electron chi connectivity index (χ4n) is 2.46. The van der Waals surface area contributed by atoms with Crippen molar-refractivity contribution >= 4 is 44.4 Å². The Morgan fingerprint density at radius 2 is 2.20 bits per heavy atom. The number of nitrogen functional groups attached to an aromatic ring is 1. The standard InChI is InChI=1S/C14H15BrN4S/c1-8(2)12(11-4-3-5-20-11)19-13-10(18-14(19)16)6-9(15)7-17-13/h3-8,12H,1-2H3,(H2,16,18). The lowest BCUT2D eigenvalue weighted by Crippen LogP contribution is -2.18. The summed E-state index contributed by atoms with van der Waals surface area (Å²) in [6.07, 6.45) is 1.78. The summed E-state index contributed by atoms with van der Waals surface area (Å²) in [5, 5.41) is 2.09. The lowest BCUT2D eigenvalue weighted by Gasteiger charge is -2.22. The summed E-state index contributed by atoms with van der Waals surface area (Å²) in [5.41, 5.74) is 7.80. The first-order valence-corrected chi connectivity index (χ1v) is 8.07. The maximum atomic E-state index is 6.15. The van der Waals surface area contributed by atoms with Gasteiger partial charge in [-0.2, -0.15) is 0 Å². The molecule has 0 saturated heterocycles. The fourth-order valence-corrected chi connectivity index (χ4v) is 3.77. The Hall–Kier alpha value is -1.40. The molecule has 6 heteroatoms. The first kappa shape index (κ1) is 13.6. The Kier molecular flexibility index (Phi) is 3.52. The molecule has 0 amide bonds. The molecule has 3 heterocycles. The van der Waals surface area contributed by atoms with Crippen molar-refractivity contribution in [1.29, 1.82) is 0 Å². The van der Waals surface area contributed by atoms with Gasteiger partial charge in [0.25, 0.3) is 0 Å². The number of halogens is 1. The largest absolute Gasteiger partial charge is 0.369 e. The predicted molar refractivity (Wildman–Crippen MR) is 86.9 cm³/mol. The quantitative estimate of drug-likeness (QED) is 0.773. The normalized spacial score (nSPS) is 13.2. The summed E-state index contributed by atoms with van der Waals surface area (Å²) < 4.78 is 2.95. The first-order valence-electron chi connectivity index (χ1n) is 6.40. The van der Waals surface area contributed by atoms with Crippen molar-refractivity contribution in [3.63, 3.8) is 0 Å². The van der Waals surface area contributed by atoms with Gasteiger partial charge >= 0.3 is 0 Å². The zero-order valence-electron chi connectivity index (χ0n) is 11.2. The summed E-state index contributed by atoms with van der Waals surface area (Å²) in [5.74, 6) is 0.913. The number of aromatic nitrogens is 3. The average molecular weight is 351 g/mol. The molecule has 3 aromatic rings. The number of fused-ring (bicyclic) bond motifs is 1. The van der Waals surface area contributed by atoms with Gasteiger partial charge in [-0.05, 0) is 39.4 Å². The minimum absolute atomic E-state index is 0.161. The number of imidazole rings is 1. The highest BCUT2D eigenvalue weighted by molar-refractivity contribution is 9.10. The zero-order valence-corrected chi connectivity index (χ0v) is 13.6. The SMILES string of the molecule is CC(C)C(c1cccs1)n1c(N)nc2cc(Br)cnc21. The number of rotatable bonds is 3. The van der Waals surface area contributed by atoms with Crippen molar-refractivity contribution in [2.75, 3.05) is 5.73 Å². The number of anilines is 1. The van der Waals surface area contributed by atoms with Gasteiger partial charge in [0.2, 0.25) is 5.95 Å². The van der Waals surface area contributed by atoms with Gasteiger partial charge in [-0.3, -0.25) is 4.57 Å². The van der Waals surface area contributed by atoms with Crippen molar-refractivity contribution in [1.82, 2.24) is 14.5 Å². The molecule has 0 saturated carbocycles. The van der Waals surface area contributed by atoms with E-state index in [2.05, 4.69) is 57.3 Å². The third-order valence-corrected chi connectivity index (χ3v) is 4.64. The number of nitrogens with zero attached hydrogens (tertiary/aromatic N) is 3. The number of thiophene rings is 1. The summed E-state index contributed by atoms with van der Waals surface area (Å²) in [6.45, 7) is 4.38. The van der Waals surface area contributed by atoms with E-state index in [4.69, 9.17) is 5.73 Å². The Bertz CT molecular complexity index is 733. The number of nitrogens with two attached hydrogens (primary N) is 1. The van der Waals surface area contributed by atoms with Crippen LogP contribution in [0.3, 0.4) is 0 Å². The summed E-state index contributed by atoms with van der Waals surface area (Å²) in [4.78, 5) is 10.2. The van der Waals surface area contributed by atoms with Crippen LogP contribution < -0.4 is 5.73 Å². The molecular formula is C14H15BrN4S. The third-order valence-electron chi connectivity index (χ3n) is 3.27. The van der Waals surface area contributed by atoms with E-state index in [1.165, 1.54) is 4.88 Å². The van der Waals surface area contributed by atoms with Gasteiger partial charge in [0.05, 0.1) is 6.04 Å². The van der Waals surface area contributed by atoms with Crippen molar-refractivity contribution in [3.05, 3.63) is 39.1 Å². The van der Waals surface area contributed by atoms with Crippen molar-refractivity contribution < 1.29 is 0 Å². The highest BCUT2D eigenvalue weighted by atomic mass is 79.9. The van der Waals surface area contributed by atoms with Gasteiger partial charge < -0.3 is 5.73 Å². The van der Waals surface area contributed by atoms with Crippen LogP contribution in [0.5, 0.6) is 0 Å². The van der Waals surface area contributed by atoms with Gasteiger partial charge in [0.1, 0.15) is 5.52 Å². The molecule has 0 aliphatic rings. The highest BCUT2D eigenvalue weighted by Gasteiger charge is 2.24. The molecule has 0 radical (unpaired) electrons. The Morgan fingerprint density at radius 3 is 2.85 bits per heavy atom. The van der Waals surface area contributed by atoms with Crippen LogP contribution in [0.15, 0.2) is 34.2 Å². The molecule has 0 fully saturated rings. The average Bonchev–Trinajstić information content (AvgIpc) is 2.98. The van der Waals surface area contributed by atoms with E-state index in [-0.39, 0.29) is 6.04 Å². The molecule has 0 bridgehead atoms. The van der Waals surface area contributed by atoms with Crippen molar-refractivity contribution in [2.24, 2.45) is 5.92 Å². The van der Waals surface area contributed by atoms with E-state index in [1.54, 1.807) is 17.5 Å². The smallest absolute Gasteiger partial charge is 0.203 e. The number of pyridine rings is 1.